The van der Waals surface area contributed by atoms with Gasteiger partial charge in [-0.1, -0.05) is 6.07 Å². The van der Waals surface area contributed by atoms with Crippen LogP contribution < -0.4 is 10.1 Å². The predicted molar refractivity (Wildman–Crippen MR) is 94.6 cm³/mol. The third kappa shape index (κ3) is 3.08. The first kappa shape index (κ1) is 17.6. The fourth-order valence-electron chi connectivity index (χ4n) is 3.08. The molecule has 0 spiro atoms. The van der Waals surface area contributed by atoms with E-state index in [4.69, 9.17) is 9.47 Å². The number of nitrogens with zero attached hydrogens (tertiary/aromatic N) is 4. The van der Waals surface area contributed by atoms with Crippen LogP contribution >= 0.6 is 0 Å². The SMILES string of the molecule is COc1cccc(Nc2ncnc3c2ncn3[C@@H]2O[C@H](CO)[C@@H](O)[C@H]2O)c1. The first-order chi connectivity index (χ1) is 13.1. The second-order valence-corrected chi connectivity index (χ2v) is 6.13. The Morgan fingerprint density at radius 1 is 1.22 bits per heavy atom. The average molecular weight is 373 g/mol. The summed E-state index contributed by atoms with van der Waals surface area (Å²) in [4.78, 5) is 12.8. The normalized spacial score (nSPS) is 25.0. The molecule has 142 valence electrons. The maximum atomic E-state index is 10.2. The van der Waals surface area contributed by atoms with Crippen molar-refractivity contribution in [2.45, 2.75) is 24.5 Å². The van der Waals surface area contributed by atoms with Gasteiger partial charge < -0.3 is 30.1 Å². The van der Waals surface area contributed by atoms with E-state index < -0.39 is 31.1 Å². The van der Waals surface area contributed by atoms with Gasteiger partial charge in [0.05, 0.1) is 20.0 Å². The van der Waals surface area contributed by atoms with Crippen LogP contribution in [-0.2, 0) is 4.74 Å². The van der Waals surface area contributed by atoms with Gasteiger partial charge in [0.1, 0.15) is 30.4 Å². The zero-order valence-electron chi connectivity index (χ0n) is 14.4. The first-order valence-corrected chi connectivity index (χ1v) is 8.33. The molecule has 1 fully saturated rings. The number of benzene rings is 1. The fourth-order valence-corrected chi connectivity index (χ4v) is 3.08. The van der Waals surface area contributed by atoms with Gasteiger partial charge in [-0.05, 0) is 12.1 Å². The van der Waals surface area contributed by atoms with Crippen molar-refractivity contribution < 1.29 is 24.8 Å². The molecule has 4 N–H and O–H groups in total. The third-order valence-corrected chi connectivity index (χ3v) is 4.48. The van der Waals surface area contributed by atoms with E-state index >= 15 is 0 Å². The molecule has 0 bridgehead atoms. The molecule has 3 aromatic rings. The second-order valence-electron chi connectivity index (χ2n) is 6.13. The van der Waals surface area contributed by atoms with E-state index in [0.29, 0.717) is 22.7 Å². The summed E-state index contributed by atoms with van der Waals surface area (Å²) in [5.74, 6) is 1.17. The van der Waals surface area contributed by atoms with Crippen molar-refractivity contribution >= 4 is 22.7 Å². The van der Waals surface area contributed by atoms with Gasteiger partial charge in [0.15, 0.2) is 23.2 Å². The van der Waals surface area contributed by atoms with E-state index in [1.165, 1.54) is 17.2 Å². The predicted octanol–water partition coefficient (Wildman–Crippen LogP) is 0.190. The van der Waals surface area contributed by atoms with Crippen molar-refractivity contribution in [2.24, 2.45) is 0 Å². The van der Waals surface area contributed by atoms with Crippen molar-refractivity contribution in [3.63, 3.8) is 0 Å². The van der Waals surface area contributed by atoms with E-state index in [-0.39, 0.29) is 0 Å². The Morgan fingerprint density at radius 2 is 2.07 bits per heavy atom. The van der Waals surface area contributed by atoms with Crippen molar-refractivity contribution in [3.8, 4) is 5.75 Å². The molecule has 0 amide bonds. The monoisotopic (exact) mass is 373 g/mol. The molecule has 0 aliphatic carbocycles. The van der Waals surface area contributed by atoms with Gasteiger partial charge in [-0.3, -0.25) is 4.57 Å². The Hall–Kier alpha value is -2.79. The van der Waals surface area contributed by atoms with Crippen LogP contribution in [0.25, 0.3) is 11.2 Å². The smallest absolute Gasteiger partial charge is 0.167 e. The summed E-state index contributed by atoms with van der Waals surface area (Å²) in [6.07, 6.45) is -1.39. The number of methoxy groups -OCH3 is 1. The molecule has 4 atom stereocenters. The number of anilines is 2. The lowest BCUT2D eigenvalue weighted by Crippen LogP contribution is -2.33. The molecule has 27 heavy (non-hydrogen) atoms. The van der Waals surface area contributed by atoms with E-state index in [1.54, 1.807) is 7.11 Å². The fraction of sp³-hybridized carbons (Fsp3) is 0.353. The number of aliphatic hydroxyl groups is 3. The van der Waals surface area contributed by atoms with Gasteiger partial charge in [0, 0.05) is 11.8 Å². The third-order valence-electron chi connectivity index (χ3n) is 4.48. The number of ether oxygens (including phenoxy) is 2. The Morgan fingerprint density at radius 3 is 2.81 bits per heavy atom. The Labute approximate surface area is 154 Å². The summed E-state index contributed by atoms with van der Waals surface area (Å²) in [6.45, 7) is -0.404. The number of nitrogens with one attached hydrogen (secondary N) is 1. The topological polar surface area (TPSA) is 135 Å². The van der Waals surface area contributed by atoms with Gasteiger partial charge in [-0.25, -0.2) is 15.0 Å². The summed E-state index contributed by atoms with van der Waals surface area (Å²) < 4.78 is 12.3. The highest BCUT2D eigenvalue weighted by Crippen LogP contribution is 2.32. The number of hydrogen-bond acceptors (Lipinski definition) is 9. The highest BCUT2D eigenvalue weighted by Gasteiger charge is 2.44. The van der Waals surface area contributed by atoms with Crippen LogP contribution in [0.4, 0.5) is 11.5 Å². The number of aromatic nitrogens is 4. The zero-order chi connectivity index (χ0) is 19.0. The number of aliphatic hydroxyl groups excluding tert-OH is 3. The Balaban J connectivity index is 1.68. The van der Waals surface area contributed by atoms with Crippen LogP contribution in [0.1, 0.15) is 6.23 Å². The molecule has 0 unspecified atom stereocenters. The molecule has 2 aromatic heterocycles. The summed E-state index contributed by atoms with van der Waals surface area (Å²) >= 11 is 0. The molecule has 1 aromatic carbocycles. The van der Waals surface area contributed by atoms with E-state index in [0.717, 1.165) is 5.69 Å². The van der Waals surface area contributed by atoms with Crippen LogP contribution in [0.2, 0.25) is 0 Å². The highest BCUT2D eigenvalue weighted by molar-refractivity contribution is 5.85. The van der Waals surface area contributed by atoms with Gasteiger partial charge >= 0.3 is 0 Å². The molecule has 1 aliphatic rings. The number of hydrogen-bond donors (Lipinski definition) is 4. The maximum Gasteiger partial charge on any atom is 0.167 e. The minimum absolute atomic E-state index is 0.404. The van der Waals surface area contributed by atoms with E-state index in [9.17, 15) is 15.3 Å². The lowest BCUT2D eigenvalue weighted by Gasteiger charge is -2.16. The molecular weight excluding hydrogens is 354 g/mol. The average Bonchev–Trinajstić information content (AvgIpc) is 3.24. The Bertz CT molecular complexity index is 948. The van der Waals surface area contributed by atoms with Crippen LogP contribution in [0.15, 0.2) is 36.9 Å². The Kier molecular flexibility index (Phi) is 4.62. The molecule has 10 heteroatoms. The summed E-state index contributed by atoms with van der Waals surface area (Å²) in [7, 11) is 1.59. The van der Waals surface area contributed by atoms with Crippen LogP contribution in [0, 0.1) is 0 Å². The molecule has 0 radical (unpaired) electrons. The van der Waals surface area contributed by atoms with Gasteiger partial charge in [-0.2, -0.15) is 0 Å². The maximum absolute atomic E-state index is 10.2. The first-order valence-electron chi connectivity index (χ1n) is 8.33. The molecular formula is C17H19N5O5. The standard InChI is InChI=1S/C17H19N5O5/c1-26-10-4-2-3-9(5-10)21-15-12-16(19-7-18-15)22(8-20-12)17-14(25)13(24)11(6-23)27-17/h2-5,7-8,11,13-14,17,23-25H,6H2,1H3,(H,18,19,21)/t11-,13-,14-,17-/m1/s1. The lowest BCUT2D eigenvalue weighted by molar-refractivity contribution is -0.0511. The molecule has 4 rings (SSSR count). The molecule has 1 saturated heterocycles. The van der Waals surface area contributed by atoms with E-state index in [1.807, 2.05) is 24.3 Å². The summed E-state index contributed by atoms with van der Waals surface area (Å²) in [5, 5.41) is 32.6. The highest BCUT2D eigenvalue weighted by atomic mass is 16.6. The van der Waals surface area contributed by atoms with Crippen molar-refractivity contribution in [1.82, 2.24) is 19.5 Å². The molecule has 3 heterocycles. The van der Waals surface area contributed by atoms with Crippen LogP contribution in [0.5, 0.6) is 5.75 Å². The summed E-state index contributed by atoms with van der Waals surface area (Å²) in [6, 6.07) is 7.35. The van der Waals surface area contributed by atoms with Crippen molar-refractivity contribution in [2.75, 3.05) is 19.0 Å². The molecule has 10 nitrogen and oxygen atoms in total. The summed E-state index contributed by atoms with van der Waals surface area (Å²) in [5.41, 5.74) is 1.65. The number of rotatable bonds is 5. The minimum atomic E-state index is -1.22. The lowest BCUT2D eigenvalue weighted by atomic mass is 10.1. The number of fused-ring (bicyclic) bond motifs is 1. The second kappa shape index (κ2) is 7.08. The largest absolute Gasteiger partial charge is 0.497 e. The molecule has 1 aliphatic heterocycles. The van der Waals surface area contributed by atoms with E-state index in [2.05, 4.69) is 20.3 Å². The van der Waals surface area contributed by atoms with Crippen molar-refractivity contribution in [1.29, 1.82) is 0 Å². The quantitative estimate of drug-likeness (QED) is 0.494. The number of imidazole rings is 1. The van der Waals surface area contributed by atoms with Crippen LogP contribution in [-0.4, -0.2) is 66.9 Å². The zero-order valence-corrected chi connectivity index (χ0v) is 14.4. The van der Waals surface area contributed by atoms with Crippen molar-refractivity contribution in [3.05, 3.63) is 36.9 Å². The molecule has 0 saturated carbocycles. The van der Waals surface area contributed by atoms with Gasteiger partial charge in [-0.15, -0.1) is 0 Å². The van der Waals surface area contributed by atoms with Crippen LogP contribution in [0.3, 0.4) is 0 Å². The van der Waals surface area contributed by atoms with Gasteiger partial charge in [0.2, 0.25) is 0 Å². The minimum Gasteiger partial charge on any atom is -0.497 e. The van der Waals surface area contributed by atoms with Gasteiger partial charge in [0.25, 0.3) is 0 Å².